The zero-order chi connectivity index (χ0) is 14.0. The lowest BCUT2D eigenvalue weighted by atomic mass is 9.90. The predicted molar refractivity (Wildman–Crippen MR) is 74.6 cm³/mol. The molecule has 1 saturated carbocycles. The highest BCUT2D eigenvalue weighted by Gasteiger charge is 2.47. The van der Waals surface area contributed by atoms with Gasteiger partial charge in [0.25, 0.3) is 0 Å². The molecule has 0 aromatic rings. The molecule has 4 heteroatoms. The fourth-order valence-electron chi connectivity index (χ4n) is 3.27. The molecule has 2 aliphatic rings. The number of hydrogen-bond donors (Lipinski definition) is 1. The molecule has 4 nitrogen and oxygen atoms in total. The number of rotatable bonds is 2. The summed E-state index contributed by atoms with van der Waals surface area (Å²) in [5.41, 5.74) is -0.712. The van der Waals surface area contributed by atoms with Crippen LogP contribution in [0.4, 0.5) is 0 Å². The Labute approximate surface area is 115 Å². The molecule has 0 spiro atoms. The lowest BCUT2D eigenvalue weighted by molar-refractivity contribution is -0.157. The largest absolute Gasteiger partial charge is 0.340 e. The van der Waals surface area contributed by atoms with Crippen LogP contribution in [0.5, 0.6) is 0 Å². The van der Waals surface area contributed by atoms with Crippen molar-refractivity contribution in [2.24, 2.45) is 0 Å². The highest BCUT2D eigenvalue weighted by atomic mass is 16.2. The molecular formula is C15H26N2O2. The summed E-state index contributed by atoms with van der Waals surface area (Å²) in [4.78, 5) is 26.8. The van der Waals surface area contributed by atoms with Crippen molar-refractivity contribution in [1.82, 2.24) is 10.2 Å². The molecule has 1 aliphatic carbocycles. The second-order valence-electron chi connectivity index (χ2n) is 6.21. The van der Waals surface area contributed by atoms with Crippen molar-refractivity contribution in [2.45, 2.75) is 83.3 Å². The monoisotopic (exact) mass is 266 g/mol. The Morgan fingerprint density at radius 2 is 1.79 bits per heavy atom. The van der Waals surface area contributed by atoms with Crippen molar-refractivity contribution in [1.29, 1.82) is 0 Å². The predicted octanol–water partition coefficient (Wildman–Crippen LogP) is 2.22. The average molecular weight is 266 g/mol. The first-order valence-electron chi connectivity index (χ1n) is 7.64. The fourth-order valence-corrected chi connectivity index (χ4v) is 3.27. The summed E-state index contributed by atoms with van der Waals surface area (Å²) in [6.45, 7) is 5.66. The molecular weight excluding hydrogens is 240 g/mol. The van der Waals surface area contributed by atoms with Crippen LogP contribution in [0, 0.1) is 0 Å². The van der Waals surface area contributed by atoms with E-state index in [1.807, 2.05) is 25.7 Å². The highest BCUT2D eigenvalue weighted by Crippen LogP contribution is 2.29. The van der Waals surface area contributed by atoms with Gasteiger partial charge in [-0.05, 0) is 33.1 Å². The molecule has 0 bridgehead atoms. The van der Waals surface area contributed by atoms with Gasteiger partial charge in [0.15, 0.2) is 0 Å². The van der Waals surface area contributed by atoms with E-state index in [9.17, 15) is 9.59 Å². The number of carbonyl (C=O) groups excluding carboxylic acids is 2. The van der Waals surface area contributed by atoms with E-state index in [1.165, 1.54) is 25.7 Å². The molecule has 2 fully saturated rings. The highest BCUT2D eigenvalue weighted by molar-refractivity contribution is 5.99. The summed E-state index contributed by atoms with van der Waals surface area (Å²) in [5.74, 6) is 0.0993. The Morgan fingerprint density at radius 1 is 1.21 bits per heavy atom. The maximum atomic E-state index is 12.8. The van der Waals surface area contributed by atoms with Gasteiger partial charge in [0.1, 0.15) is 11.6 Å². The van der Waals surface area contributed by atoms with Crippen LogP contribution < -0.4 is 5.32 Å². The summed E-state index contributed by atoms with van der Waals surface area (Å²) >= 11 is 0. The summed E-state index contributed by atoms with van der Waals surface area (Å²) in [7, 11) is 0. The summed E-state index contributed by atoms with van der Waals surface area (Å²) < 4.78 is 0. The number of hydrogen-bond acceptors (Lipinski definition) is 2. The van der Waals surface area contributed by atoms with Crippen LogP contribution in [0.3, 0.4) is 0 Å². The molecule has 1 saturated heterocycles. The molecule has 2 atom stereocenters. The topological polar surface area (TPSA) is 49.4 Å². The second-order valence-corrected chi connectivity index (χ2v) is 6.21. The van der Waals surface area contributed by atoms with Crippen molar-refractivity contribution in [2.75, 3.05) is 0 Å². The minimum atomic E-state index is -0.712. The van der Waals surface area contributed by atoms with Gasteiger partial charge in [-0.25, -0.2) is 0 Å². The van der Waals surface area contributed by atoms with Crippen molar-refractivity contribution in [3.8, 4) is 0 Å². The standard InChI is InChI=1S/C15H26N2O2/c1-4-15(3)14(19)17(11(2)13(18)16-15)12-9-7-5-6-8-10-12/h11-12H,4-10H2,1-3H3,(H,16,18). The van der Waals surface area contributed by atoms with E-state index >= 15 is 0 Å². The third-order valence-corrected chi connectivity index (χ3v) is 4.83. The maximum absolute atomic E-state index is 12.8. The van der Waals surface area contributed by atoms with Gasteiger partial charge in [-0.2, -0.15) is 0 Å². The Kier molecular flexibility index (Phi) is 4.16. The molecule has 0 radical (unpaired) electrons. The number of amides is 2. The molecule has 0 aromatic carbocycles. The summed E-state index contributed by atoms with van der Waals surface area (Å²) in [6, 6.07) is -0.0721. The molecule has 2 amide bonds. The van der Waals surface area contributed by atoms with E-state index in [1.54, 1.807) is 0 Å². The SMILES string of the molecule is CCC1(C)NC(=O)C(C)N(C2CCCCCC2)C1=O. The van der Waals surface area contributed by atoms with Crippen LogP contribution in [0.2, 0.25) is 0 Å². The smallest absolute Gasteiger partial charge is 0.248 e. The van der Waals surface area contributed by atoms with E-state index < -0.39 is 5.54 Å². The first-order valence-corrected chi connectivity index (χ1v) is 7.64. The second kappa shape index (κ2) is 5.51. The number of carbonyl (C=O) groups is 2. The van der Waals surface area contributed by atoms with Crippen LogP contribution in [0.25, 0.3) is 0 Å². The van der Waals surface area contributed by atoms with Crippen molar-refractivity contribution < 1.29 is 9.59 Å². The molecule has 1 N–H and O–H groups in total. The van der Waals surface area contributed by atoms with Gasteiger partial charge in [-0.1, -0.05) is 32.6 Å². The fraction of sp³-hybridized carbons (Fsp3) is 0.867. The van der Waals surface area contributed by atoms with Gasteiger partial charge in [0.2, 0.25) is 11.8 Å². The Hall–Kier alpha value is -1.06. The quantitative estimate of drug-likeness (QED) is 0.779. The molecule has 1 aliphatic heterocycles. The van der Waals surface area contributed by atoms with Gasteiger partial charge in [-0.15, -0.1) is 0 Å². The minimum absolute atomic E-state index is 0.00630. The van der Waals surface area contributed by atoms with Crippen LogP contribution >= 0.6 is 0 Å². The Bertz CT molecular complexity index is 361. The third kappa shape index (κ3) is 2.63. The molecule has 108 valence electrons. The minimum Gasteiger partial charge on any atom is -0.340 e. The average Bonchev–Trinajstić information content (AvgIpc) is 2.66. The van der Waals surface area contributed by atoms with E-state index in [0.29, 0.717) is 6.42 Å². The van der Waals surface area contributed by atoms with E-state index in [4.69, 9.17) is 0 Å². The Morgan fingerprint density at radius 3 is 2.32 bits per heavy atom. The van der Waals surface area contributed by atoms with E-state index in [-0.39, 0.29) is 23.9 Å². The van der Waals surface area contributed by atoms with Gasteiger partial charge in [0.05, 0.1) is 0 Å². The number of nitrogens with zero attached hydrogens (tertiary/aromatic N) is 1. The third-order valence-electron chi connectivity index (χ3n) is 4.83. The summed E-state index contributed by atoms with van der Waals surface area (Å²) in [6.07, 6.45) is 7.59. The van der Waals surface area contributed by atoms with Crippen molar-refractivity contribution in [3.05, 3.63) is 0 Å². The molecule has 1 heterocycles. The maximum Gasteiger partial charge on any atom is 0.248 e. The van der Waals surface area contributed by atoms with Crippen LogP contribution in [-0.2, 0) is 9.59 Å². The van der Waals surface area contributed by atoms with Crippen LogP contribution in [-0.4, -0.2) is 34.3 Å². The van der Waals surface area contributed by atoms with Gasteiger partial charge in [0, 0.05) is 6.04 Å². The molecule has 19 heavy (non-hydrogen) atoms. The molecule has 2 unspecified atom stereocenters. The zero-order valence-corrected chi connectivity index (χ0v) is 12.4. The van der Waals surface area contributed by atoms with Crippen LogP contribution in [0.15, 0.2) is 0 Å². The van der Waals surface area contributed by atoms with Gasteiger partial charge in [-0.3, -0.25) is 9.59 Å². The lowest BCUT2D eigenvalue weighted by Gasteiger charge is -2.46. The van der Waals surface area contributed by atoms with Crippen LogP contribution in [0.1, 0.15) is 65.7 Å². The van der Waals surface area contributed by atoms with Crippen molar-refractivity contribution >= 4 is 11.8 Å². The van der Waals surface area contributed by atoms with E-state index in [0.717, 1.165) is 12.8 Å². The zero-order valence-electron chi connectivity index (χ0n) is 12.4. The van der Waals surface area contributed by atoms with Gasteiger partial charge < -0.3 is 10.2 Å². The molecule has 0 aromatic heterocycles. The van der Waals surface area contributed by atoms with Gasteiger partial charge >= 0.3 is 0 Å². The van der Waals surface area contributed by atoms with Crippen molar-refractivity contribution in [3.63, 3.8) is 0 Å². The molecule has 2 rings (SSSR count). The summed E-state index contributed by atoms with van der Waals surface area (Å²) in [5, 5.41) is 2.90. The first kappa shape index (κ1) is 14.4. The number of nitrogens with one attached hydrogen (secondary N) is 1. The van der Waals surface area contributed by atoms with E-state index in [2.05, 4.69) is 5.32 Å². The Balaban J connectivity index is 2.24. The first-order chi connectivity index (χ1) is 8.99. The normalized spacial score (nSPS) is 34.1. The lowest BCUT2D eigenvalue weighted by Crippen LogP contribution is -2.70. The number of piperazine rings is 1.